The third-order valence-corrected chi connectivity index (χ3v) is 1.94. The standard InChI is InChI=1S/C10H18N2O2/c1-4-9(2)10(7-13)8-14-6-5-12-11-3/h4-5,7,9-11H,1,6,8H2,2-3H3. The molecule has 14 heavy (non-hydrogen) atoms. The van der Waals surface area contributed by atoms with Gasteiger partial charge in [-0.1, -0.05) is 13.0 Å². The van der Waals surface area contributed by atoms with E-state index in [-0.39, 0.29) is 11.8 Å². The van der Waals surface area contributed by atoms with Crippen LogP contribution in [0, 0.1) is 11.8 Å². The van der Waals surface area contributed by atoms with Gasteiger partial charge in [-0.05, 0) is 5.92 Å². The summed E-state index contributed by atoms with van der Waals surface area (Å²) in [6.07, 6.45) is 4.27. The van der Waals surface area contributed by atoms with Gasteiger partial charge >= 0.3 is 0 Å². The van der Waals surface area contributed by atoms with E-state index in [1.807, 2.05) is 6.92 Å². The minimum Gasteiger partial charge on any atom is -0.375 e. The number of hydrogen-bond acceptors (Lipinski definition) is 4. The first-order chi connectivity index (χ1) is 6.76. The number of rotatable bonds is 8. The number of nitrogens with one attached hydrogen (secondary N) is 1. The highest BCUT2D eigenvalue weighted by Gasteiger charge is 2.12. The van der Waals surface area contributed by atoms with Crippen molar-refractivity contribution in [3.05, 3.63) is 12.7 Å². The molecule has 0 aromatic rings. The zero-order chi connectivity index (χ0) is 10.8. The van der Waals surface area contributed by atoms with Gasteiger partial charge in [0, 0.05) is 19.2 Å². The predicted octanol–water partition coefficient (Wildman–Crippen LogP) is 0.845. The van der Waals surface area contributed by atoms with Crippen LogP contribution in [0.15, 0.2) is 17.8 Å². The molecule has 4 heteroatoms. The molecule has 0 bridgehead atoms. The maximum atomic E-state index is 10.7. The smallest absolute Gasteiger partial charge is 0.125 e. The van der Waals surface area contributed by atoms with E-state index < -0.39 is 0 Å². The second-order valence-corrected chi connectivity index (χ2v) is 2.97. The average Bonchev–Trinajstić information content (AvgIpc) is 2.22. The Morgan fingerprint density at radius 2 is 2.36 bits per heavy atom. The van der Waals surface area contributed by atoms with Gasteiger partial charge in [-0.15, -0.1) is 6.58 Å². The van der Waals surface area contributed by atoms with Gasteiger partial charge in [-0.25, -0.2) is 0 Å². The second-order valence-electron chi connectivity index (χ2n) is 2.97. The van der Waals surface area contributed by atoms with Crippen LogP contribution >= 0.6 is 0 Å². The van der Waals surface area contributed by atoms with Crippen molar-refractivity contribution in [1.29, 1.82) is 0 Å². The molecule has 0 aromatic carbocycles. The van der Waals surface area contributed by atoms with Crippen molar-refractivity contribution in [2.75, 3.05) is 20.3 Å². The van der Waals surface area contributed by atoms with Crippen LogP contribution in [0.4, 0.5) is 0 Å². The Bertz CT molecular complexity index is 193. The van der Waals surface area contributed by atoms with Crippen LogP contribution in [-0.2, 0) is 9.53 Å². The molecule has 0 aliphatic rings. The van der Waals surface area contributed by atoms with Crippen LogP contribution in [0.3, 0.4) is 0 Å². The first kappa shape index (κ1) is 12.8. The van der Waals surface area contributed by atoms with Crippen molar-refractivity contribution in [1.82, 2.24) is 5.43 Å². The van der Waals surface area contributed by atoms with E-state index in [1.54, 1.807) is 19.3 Å². The molecule has 2 atom stereocenters. The molecule has 0 fully saturated rings. The molecule has 80 valence electrons. The lowest BCUT2D eigenvalue weighted by Crippen LogP contribution is -2.18. The van der Waals surface area contributed by atoms with E-state index in [0.717, 1.165) is 6.29 Å². The van der Waals surface area contributed by atoms with E-state index in [9.17, 15) is 4.79 Å². The zero-order valence-electron chi connectivity index (χ0n) is 8.77. The molecule has 0 aromatic heterocycles. The lowest BCUT2D eigenvalue weighted by molar-refractivity contribution is -0.113. The number of allylic oxidation sites excluding steroid dienone is 1. The Kier molecular flexibility index (Phi) is 7.74. The fraction of sp³-hybridized carbons (Fsp3) is 0.600. The Hall–Kier alpha value is -1.16. The highest BCUT2D eigenvalue weighted by atomic mass is 16.5. The van der Waals surface area contributed by atoms with Gasteiger partial charge in [-0.2, -0.15) is 5.10 Å². The number of nitrogens with zero attached hydrogens (tertiary/aromatic N) is 1. The highest BCUT2D eigenvalue weighted by Crippen LogP contribution is 2.09. The number of carbonyl (C=O) groups excluding carboxylic acids is 1. The van der Waals surface area contributed by atoms with Crippen molar-refractivity contribution >= 4 is 12.5 Å². The van der Waals surface area contributed by atoms with E-state index in [1.165, 1.54) is 0 Å². The van der Waals surface area contributed by atoms with E-state index in [2.05, 4.69) is 17.1 Å². The third-order valence-electron chi connectivity index (χ3n) is 1.94. The molecule has 0 saturated carbocycles. The van der Waals surface area contributed by atoms with Crippen LogP contribution in [0.25, 0.3) is 0 Å². The summed E-state index contributed by atoms with van der Waals surface area (Å²) < 4.78 is 5.24. The predicted molar refractivity (Wildman–Crippen MR) is 57.3 cm³/mol. The summed E-state index contributed by atoms with van der Waals surface area (Å²) in [7, 11) is 1.71. The largest absolute Gasteiger partial charge is 0.375 e. The summed E-state index contributed by atoms with van der Waals surface area (Å²) >= 11 is 0. The number of aldehydes is 1. The monoisotopic (exact) mass is 198 g/mol. The molecule has 0 aliphatic heterocycles. The first-order valence-electron chi connectivity index (χ1n) is 4.60. The molecule has 1 N–H and O–H groups in total. The molecule has 0 radical (unpaired) electrons. The summed E-state index contributed by atoms with van der Waals surface area (Å²) in [5.74, 6) is 0.0317. The molecule has 0 amide bonds. The topological polar surface area (TPSA) is 50.7 Å². The van der Waals surface area contributed by atoms with Crippen LogP contribution in [-0.4, -0.2) is 32.8 Å². The molecule has 0 spiro atoms. The summed E-state index contributed by atoms with van der Waals surface area (Å²) in [5, 5.41) is 3.75. The third kappa shape index (κ3) is 5.48. The normalized spacial score (nSPS) is 15.0. The molecule has 0 heterocycles. The SMILES string of the molecule is C=CC(C)C(C=O)COCC=NNC. The van der Waals surface area contributed by atoms with Gasteiger partial charge in [0.25, 0.3) is 0 Å². The highest BCUT2D eigenvalue weighted by molar-refractivity contribution is 5.58. The minimum absolute atomic E-state index is 0.115. The number of hydrazone groups is 1. The van der Waals surface area contributed by atoms with Gasteiger partial charge < -0.3 is 15.0 Å². The van der Waals surface area contributed by atoms with Crippen LogP contribution in [0.1, 0.15) is 6.92 Å². The fourth-order valence-electron chi connectivity index (χ4n) is 0.875. The molecule has 0 saturated heterocycles. The quantitative estimate of drug-likeness (QED) is 0.207. The fourth-order valence-corrected chi connectivity index (χ4v) is 0.875. The van der Waals surface area contributed by atoms with Crippen molar-refractivity contribution in [3.63, 3.8) is 0 Å². The lowest BCUT2D eigenvalue weighted by atomic mass is 9.97. The van der Waals surface area contributed by atoms with Crippen molar-refractivity contribution in [3.8, 4) is 0 Å². The molecule has 2 unspecified atom stereocenters. The summed E-state index contributed by atoms with van der Waals surface area (Å²) in [5.41, 5.74) is 2.61. The van der Waals surface area contributed by atoms with Gasteiger partial charge in [0.05, 0.1) is 13.2 Å². The van der Waals surface area contributed by atoms with Crippen LogP contribution in [0.2, 0.25) is 0 Å². The van der Waals surface area contributed by atoms with Crippen molar-refractivity contribution in [2.45, 2.75) is 6.92 Å². The maximum absolute atomic E-state index is 10.7. The van der Waals surface area contributed by atoms with Crippen LogP contribution in [0.5, 0.6) is 0 Å². The Morgan fingerprint density at radius 1 is 1.64 bits per heavy atom. The average molecular weight is 198 g/mol. The maximum Gasteiger partial charge on any atom is 0.125 e. The molecule has 4 nitrogen and oxygen atoms in total. The number of hydrogen-bond donors (Lipinski definition) is 1. The minimum atomic E-state index is -0.115. The number of ether oxygens (including phenoxy) is 1. The zero-order valence-corrected chi connectivity index (χ0v) is 8.77. The van der Waals surface area contributed by atoms with E-state index >= 15 is 0 Å². The van der Waals surface area contributed by atoms with Crippen molar-refractivity contribution in [2.24, 2.45) is 16.9 Å². The van der Waals surface area contributed by atoms with E-state index in [4.69, 9.17) is 4.74 Å². The first-order valence-corrected chi connectivity index (χ1v) is 4.60. The van der Waals surface area contributed by atoms with Crippen molar-refractivity contribution < 1.29 is 9.53 Å². The van der Waals surface area contributed by atoms with Gasteiger partial charge in [-0.3, -0.25) is 0 Å². The molecular weight excluding hydrogens is 180 g/mol. The van der Waals surface area contributed by atoms with E-state index in [0.29, 0.717) is 13.2 Å². The second kappa shape index (κ2) is 8.44. The Morgan fingerprint density at radius 3 is 2.86 bits per heavy atom. The Balaban J connectivity index is 3.67. The van der Waals surface area contributed by atoms with Gasteiger partial charge in [0.2, 0.25) is 0 Å². The summed E-state index contributed by atoms with van der Waals surface area (Å²) in [6, 6.07) is 0. The summed E-state index contributed by atoms with van der Waals surface area (Å²) in [6.45, 7) is 6.40. The number of carbonyl (C=O) groups is 1. The summed E-state index contributed by atoms with van der Waals surface area (Å²) in [4.78, 5) is 10.7. The van der Waals surface area contributed by atoms with Crippen LogP contribution < -0.4 is 5.43 Å². The molecule has 0 rings (SSSR count). The van der Waals surface area contributed by atoms with Gasteiger partial charge in [0.1, 0.15) is 6.29 Å². The lowest BCUT2D eigenvalue weighted by Gasteiger charge is -2.13. The molecule has 0 aliphatic carbocycles. The van der Waals surface area contributed by atoms with Gasteiger partial charge in [0.15, 0.2) is 0 Å². The Labute approximate surface area is 85.0 Å². The molecular formula is C10H18N2O2.